The van der Waals surface area contributed by atoms with Crippen molar-refractivity contribution in [3.8, 4) is 11.3 Å². The highest BCUT2D eigenvalue weighted by Crippen LogP contribution is 2.27. The van der Waals surface area contributed by atoms with Gasteiger partial charge in [-0.3, -0.25) is 0 Å². The van der Waals surface area contributed by atoms with Crippen LogP contribution in [0, 0.1) is 0 Å². The second-order valence-corrected chi connectivity index (χ2v) is 8.51. The van der Waals surface area contributed by atoms with Crippen molar-refractivity contribution in [1.82, 2.24) is 34.6 Å². The van der Waals surface area contributed by atoms with E-state index in [4.69, 9.17) is 16.3 Å². The lowest BCUT2D eigenvalue weighted by molar-refractivity contribution is 0.0523. The smallest absolute Gasteiger partial charge is 0.435 e. The van der Waals surface area contributed by atoms with Crippen LogP contribution in [0.25, 0.3) is 22.3 Å². The number of fused-ring (bicyclic) bond motifs is 1. The molecule has 0 saturated carbocycles. The van der Waals surface area contributed by atoms with Crippen LogP contribution in [0.5, 0.6) is 0 Å². The highest BCUT2D eigenvalue weighted by molar-refractivity contribution is 6.28. The molecular weight excluding hydrogens is 408 g/mol. The topological polar surface area (TPSA) is 102 Å². The van der Waals surface area contributed by atoms with Crippen molar-refractivity contribution < 1.29 is 9.53 Å². The zero-order chi connectivity index (χ0) is 21.5. The number of rotatable bonds is 2. The highest BCUT2D eigenvalue weighted by atomic mass is 35.5. The summed E-state index contributed by atoms with van der Waals surface area (Å²) in [5.74, 6) is 0.662. The molecule has 0 bridgehead atoms. The van der Waals surface area contributed by atoms with Gasteiger partial charge in [0.1, 0.15) is 22.3 Å². The van der Waals surface area contributed by atoms with Crippen molar-refractivity contribution in [3.63, 3.8) is 0 Å². The minimum atomic E-state index is -0.671. The molecule has 0 spiro atoms. The summed E-state index contributed by atoms with van der Waals surface area (Å²) in [7, 11) is 2.10. The molecule has 0 aliphatic carbocycles. The molecule has 4 heterocycles. The summed E-state index contributed by atoms with van der Waals surface area (Å²) in [5.41, 5.74) is 1.21. The third kappa shape index (κ3) is 4.19. The van der Waals surface area contributed by atoms with Crippen LogP contribution in [0.3, 0.4) is 0 Å². The van der Waals surface area contributed by atoms with Gasteiger partial charge in [-0.25, -0.2) is 24.7 Å². The predicted octanol–water partition coefficient (Wildman–Crippen LogP) is 2.47. The number of hydrogen-bond acceptors (Lipinski definition) is 9. The Balaban J connectivity index is 1.70. The summed E-state index contributed by atoms with van der Waals surface area (Å²) < 4.78 is 6.59. The molecule has 3 aromatic heterocycles. The van der Waals surface area contributed by atoms with E-state index < -0.39 is 11.7 Å². The first-order valence-corrected chi connectivity index (χ1v) is 9.99. The number of piperazine rings is 1. The van der Waals surface area contributed by atoms with Crippen molar-refractivity contribution in [2.45, 2.75) is 26.4 Å². The Kier molecular flexibility index (Phi) is 5.29. The third-order valence-electron chi connectivity index (χ3n) is 4.66. The molecule has 1 saturated heterocycles. The van der Waals surface area contributed by atoms with E-state index in [-0.39, 0.29) is 5.28 Å². The van der Waals surface area contributed by atoms with Crippen molar-refractivity contribution in [2.75, 3.05) is 38.1 Å². The fraction of sp³-hybridized carbons (Fsp3) is 0.474. The van der Waals surface area contributed by atoms with Gasteiger partial charge in [0, 0.05) is 44.1 Å². The molecule has 0 N–H and O–H groups in total. The maximum Gasteiger partial charge on any atom is 0.435 e. The Morgan fingerprint density at radius 3 is 2.37 bits per heavy atom. The largest absolute Gasteiger partial charge is 0.442 e. The molecule has 1 aliphatic rings. The van der Waals surface area contributed by atoms with E-state index in [1.165, 1.54) is 6.20 Å². The SMILES string of the molecule is CN1CCN(c2ncc(-c3nn(C(=O)OC(C)(C)C)c4cnc(Cl)nc34)cn2)CC1. The Morgan fingerprint density at radius 1 is 1.07 bits per heavy atom. The van der Waals surface area contributed by atoms with Gasteiger partial charge in [-0.05, 0) is 39.4 Å². The predicted molar refractivity (Wildman–Crippen MR) is 113 cm³/mol. The fourth-order valence-electron chi connectivity index (χ4n) is 3.14. The zero-order valence-electron chi connectivity index (χ0n) is 17.3. The number of nitrogens with zero attached hydrogens (tertiary/aromatic N) is 8. The minimum absolute atomic E-state index is 0.0578. The zero-order valence-corrected chi connectivity index (χ0v) is 18.1. The average Bonchev–Trinajstić information content (AvgIpc) is 3.06. The molecular formula is C19H23ClN8O2. The van der Waals surface area contributed by atoms with Crippen LogP contribution in [-0.2, 0) is 4.74 Å². The van der Waals surface area contributed by atoms with Gasteiger partial charge < -0.3 is 14.5 Å². The van der Waals surface area contributed by atoms with Crippen LogP contribution in [0.15, 0.2) is 18.6 Å². The Morgan fingerprint density at radius 2 is 1.73 bits per heavy atom. The summed E-state index contributed by atoms with van der Waals surface area (Å²) in [5, 5.41) is 4.48. The molecule has 30 heavy (non-hydrogen) atoms. The van der Waals surface area contributed by atoms with Crippen LogP contribution < -0.4 is 4.90 Å². The fourth-order valence-corrected chi connectivity index (χ4v) is 3.27. The van der Waals surface area contributed by atoms with E-state index in [9.17, 15) is 4.79 Å². The van der Waals surface area contributed by atoms with Crippen LogP contribution in [0.1, 0.15) is 20.8 Å². The molecule has 0 atom stereocenters. The molecule has 0 aromatic carbocycles. The maximum atomic E-state index is 12.6. The highest BCUT2D eigenvalue weighted by Gasteiger charge is 2.24. The van der Waals surface area contributed by atoms with Gasteiger partial charge in [-0.1, -0.05) is 0 Å². The number of aromatic nitrogens is 6. The van der Waals surface area contributed by atoms with E-state index >= 15 is 0 Å². The van der Waals surface area contributed by atoms with Gasteiger partial charge in [-0.2, -0.15) is 9.78 Å². The average molecular weight is 431 g/mol. The minimum Gasteiger partial charge on any atom is -0.442 e. The molecule has 1 fully saturated rings. The van der Waals surface area contributed by atoms with Crippen molar-refractivity contribution in [3.05, 3.63) is 23.9 Å². The van der Waals surface area contributed by atoms with E-state index in [0.717, 1.165) is 30.9 Å². The van der Waals surface area contributed by atoms with E-state index in [0.29, 0.717) is 28.2 Å². The first kappa shape index (κ1) is 20.4. The van der Waals surface area contributed by atoms with Gasteiger partial charge in [0.2, 0.25) is 11.2 Å². The number of anilines is 1. The summed E-state index contributed by atoms with van der Waals surface area (Å²) >= 11 is 5.99. The Hall–Kier alpha value is -2.85. The monoisotopic (exact) mass is 430 g/mol. The van der Waals surface area contributed by atoms with Crippen LogP contribution in [0.4, 0.5) is 10.7 Å². The van der Waals surface area contributed by atoms with Crippen LogP contribution in [0.2, 0.25) is 5.28 Å². The number of hydrogen-bond donors (Lipinski definition) is 0. The molecule has 0 amide bonds. The Bertz CT molecular complexity index is 1070. The molecule has 0 unspecified atom stereocenters. The summed E-state index contributed by atoms with van der Waals surface area (Å²) in [6, 6.07) is 0. The first-order valence-electron chi connectivity index (χ1n) is 9.62. The summed E-state index contributed by atoms with van der Waals surface area (Å²) in [6.07, 6.45) is 4.18. The van der Waals surface area contributed by atoms with E-state index in [2.05, 4.69) is 41.9 Å². The third-order valence-corrected chi connectivity index (χ3v) is 4.84. The van der Waals surface area contributed by atoms with Gasteiger partial charge in [0.05, 0.1) is 6.20 Å². The molecule has 3 aromatic rings. The van der Waals surface area contributed by atoms with Gasteiger partial charge >= 0.3 is 6.09 Å². The molecule has 4 rings (SSSR count). The summed E-state index contributed by atoms with van der Waals surface area (Å²) in [4.78, 5) is 34.3. The van der Waals surface area contributed by atoms with E-state index in [1.807, 2.05) is 0 Å². The van der Waals surface area contributed by atoms with Gasteiger partial charge in [0.25, 0.3) is 0 Å². The van der Waals surface area contributed by atoms with Crippen molar-refractivity contribution in [1.29, 1.82) is 0 Å². The number of halogens is 1. The Labute approximate surface area is 178 Å². The van der Waals surface area contributed by atoms with Crippen LogP contribution in [-0.4, -0.2) is 79.5 Å². The lowest BCUT2D eigenvalue weighted by Gasteiger charge is -2.32. The lowest BCUT2D eigenvalue weighted by atomic mass is 10.2. The molecule has 1 aliphatic heterocycles. The normalized spacial score (nSPS) is 15.6. The second kappa shape index (κ2) is 7.77. The molecule has 158 valence electrons. The molecule has 0 radical (unpaired) electrons. The second-order valence-electron chi connectivity index (χ2n) is 8.18. The maximum absolute atomic E-state index is 12.6. The lowest BCUT2D eigenvalue weighted by Crippen LogP contribution is -2.45. The number of likely N-dealkylation sites (N-methyl/N-ethyl adjacent to an activating group) is 1. The quantitative estimate of drug-likeness (QED) is 0.567. The summed E-state index contributed by atoms with van der Waals surface area (Å²) in [6.45, 7) is 9.03. The molecule has 11 heteroatoms. The van der Waals surface area contributed by atoms with Gasteiger partial charge in [-0.15, -0.1) is 0 Å². The number of carbonyl (C=O) groups is 1. The van der Waals surface area contributed by atoms with E-state index in [1.54, 1.807) is 33.2 Å². The van der Waals surface area contributed by atoms with Crippen LogP contribution >= 0.6 is 11.6 Å². The standard InChI is InChI=1S/C19H23ClN8O2/c1-19(2,3)30-18(29)28-13-11-21-16(20)24-15(13)14(25-28)12-9-22-17(23-10-12)27-7-5-26(4)6-8-27/h9-11H,5-8H2,1-4H3. The molecule has 10 nitrogen and oxygen atoms in total. The van der Waals surface area contributed by atoms with Gasteiger partial charge in [0.15, 0.2) is 0 Å². The van der Waals surface area contributed by atoms with Crippen molar-refractivity contribution >= 4 is 34.7 Å². The number of carbonyl (C=O) groups excluding carboxylic acids is 1. The first-order chi connectivity index (χ1) is 14.2. The number of ether oxygens (including phenoxy) is 1. The van der Waals surface area contributed by atoms with Crippen molar-refractivity contribution in [2.24, 2.45) is 0 Å².